The average Bonchev–Trinajstić information content (AvgIpc) is 2.76. The fourth-order valence-electron chi connectivity index (χ4n) is 2.48. The Morgan fingerprint density at radius 3 is 2.83 bits per heavy atom. The number of fused-ring (bicyclic) bond motifs is 1. The number of nitrogen functional groups attached to an aromatic ring is 1. The van der Waals surface area contributed by atoms with E-state index in [9.17, 15) is 0 Å². The zero-order valence-electron chi connectivity index (χ0n) is 10.6. The van der Waals surface area contributed by atoms with E-state index in [-0.39, 0.29) is 0 Å². The van der Waals surface area contributed by atoms with E-state index in [4.69, 9.17) is 5.73 Å². The van der Waals surface area contributed by atoms with Gasteiger partial charge in [-0.1, -0.05) is 18.2 Å². The quantitative estimate of drug-likeness (QED) is 0.819. The number of pyridine rings is 1. The van der Waals surface area contributed by atoms with E-state index in [2.05, 4.69) is 28.1 Å². The Labute approximate surface area is 107 Å². The number of rotatable bonds is 2. The Bertz CT molecular complexity index is 560. The maximum absolute atomic E-state index is 6.01. The predicted molar refractivity (Wildman–Crippen MR) is 72.8 cm³/mol. The molecular weight excluding hydrogens is 222 g/mol. The topological polar surface area (TPSA) is 42.1 Å². The first-order valence-electron chi connectivity index (χ1n) is 6.22. The van der Waals surface area contributed by atoms with Crippen LogP contribution < -0.4 is 5.73 Å². The molecule has 0 aliphatic carbocycles. The summed E-state index contributed by atoms with van der Waals surface area (Å²) in [5.74, 6) is 0. The molecule has 0 fully saturated rings. The number of hydrogen-bond acceptors (Lipinski definition) is 3. The molecule has 0 atom stereocenters. The van der Waals surface area contributed by atoms with Crippen molar-refractivity contribution in [3.63, 3.8) is 0 Å². The molecule has 1 aromatic heterocycles. The first-order valence-corrected chi connectivity index (χ1v) is 6.22. The van der Waals surface area contributed by atoms with Crippen molar-refractivity contribution in [3.05, 3.63) is 58.9 Å². The summed E-state index contributed by atoms with van der Waals surface area (Å²) in [5.41, 5.74) is 11.9. The van der Waals surface area contributed by atoms with Crippen LogP contribution in [-0.4, -0.2) is 9.88 Å². The van der Waals surface area contributed by atoms with E-state index in [0.29, 0.717) is 0 Å². The number of nitrogens with zero attached hydrogens (tertiary/aromatic N) is 2. The molecule has 2 heterocycles. The smallest absolute Gasteiger partial charge is 0.0372 e. The minimum Gasteiger partial charge on any atom is -0.398 e. The number of aryl methyl sites for hydroxylation is 1. The van der Waals surface area contributed by atoms with Gasteiger partial charge in [0.25, 0.3) is 0 Å². The van der Waals surface area contributed by atoms with E-state index in [1.54, 1.807) is 0 Å². The van der Waals surface area contributed by atoms with E-state index < -0.39 is 0 Å². The summed E-state index contributed by atoms with van der Waals surface area (Å²) in [7, 11) is 0. The first kappa shape index (κ1) is 11.2. The predicted octanol–water partition coefficient (Wildman–Crippen LogP) is 2.49. The Balaban J connectivity index is 1.75. The second-order valence-corrected chi connectivity index (χ2v) is 4.94. The molecule has 2 aromatic rings. The van der Waals surface area contributed by atoms with Crippen LogP contribution >= 0.6 is 0 Å². The first-order chi connectivity index (χ1) is 8.72. The third kappa shape index (κ3) is 2.09. The van der Waals surface area contributed by atoms with Crippen molar-refractivity contribution in [3.8, 4) is 0 Å². The lowest BCUT2D eigenvalue weighted by Gasteiger charge is -2.14. The SMILES string of the molecule is Cc1ccc(CN2Cc3cccc(N)c3C2)cn1. The monoisotopic (exact) mass is 239 g/mol. The van der Waals surface area contributed by atoms with Gasteiger partial charge in [0.2, 0.25) is 0 Å². The number of nitrogens with two attached hydrogens (primary N) is 1. The van der Waals surface area contributed by atoms with Crippen LogP contribution in [0.4, 0.5) is 5.69 Å². The Kier molecular flexibility index (Phi) is 2.76. The minimum absolute atomic E-state index is 0.914. The van der Waals surface area contributed by atoms with Crippen LogP contribution in [0.1, 0.15) is 22.4 Å². The third-order valence-corrected chi connectivity index (χ3v) is 3.46. The van der Waals surface area contributed by atoms with Gasteiger partial charge in [-0.05, 0) is 35.7 Å². The molecule has 3 heteroatoms. The fourth-order valence-corrected chi connectivity index (χ4v) is 2.48. The molecule has 0 saturated carbocycles. The van der Waals surface area contributed by atoms with Crippen LogP contribution in [0.2, 0.25) is 0 Å². The van der Waals surface area contributed by atoms with E-state index in [1.165, 1.54) is 16.7 Å². The third-order valence-electron chi connectivity index (χ3n) is 3.46. The van der Waals surface area contributed by atoms with Gasteiger partial charge < -0.3 is 5.73 Å². The van der Waals surface area contributed by atoms with Crippen molar-refractivity contribution >= 4 is 5.69 Å². The lowest BCUT2D eigenvalue weighted by molar-refractivity contribution is 0.275. The summed E-state index contributed by atoms with van der Waals surface area (Å²) >= 11 is 0. The van der Waals surface area contributed by atoms with Gasteiger partial charge in [0.05, 0.1) is 0 Å². The molecule has 1 aliphatic heterocycles. The van der Waals surface area contributed by atoms with Gasteiger partial charge in [-0.25, -0.2) is 0 Å². The summed E-state index contributed by atoms with van der Waals surface area (Å²) < 4.78 is 0. The van der Waals surface area contributed by atoms with Crippen LogP contribution in [0.15, 0.2) is 36.5 Å². The lowest BCUT2D eigenvalue weighted by atomic mass is 10.1. The maximum atomic E-state index is 6.01. The highest BCUT2D eigenvalue weighted by Crippen LogP contribution is 2.28. The van der Waals surface area contributed by atoms with Gasteiger partial charge in [0.1, 0.15) is 0 Å². The number of anilines is 1. The van der Waals surface area contributed by atoms with Crippen molar-refractivity contribution in [1.29, 1.82) is 0 Å². The van der Waals surface area contributed by atoms with Gasteiger partial charge in [0, 0.05) is 37.2 Å². The van der Waals surface area contributed by atoms with Gasteiger partial charge in [-0.15, -0.1) is 0 Å². The summed E-state index contributed by atoms with van der Waals surface area (Å²) in [6, 6.07) is 10.4. The van der Waals surface area contributed by atoms with Crippen molar-refractivity contribution in [2.24, 2.45) is 0 Å². The lowest BCUT2D eigenvalue weighted by Crippen LogP contribution is -2.15. The molecule has 0 saturated heterocycles. The van der Waals surface area contributed by atoms with Gasteiger partial charge in [0.15, 0.2) is 0 Å². The molecule has 0 unspecified atom stereocenters. The van der Waals surface area contributed by atoms with Crippen molar-refractivity contribution in [1.82, 2.24) is 9.88 Å². The molecule has 3 nitrogen and oxygen atoms in total. The second kappa shape index (κ2) is 4.42. The highest BCUT2D eigenvalue weighted by Gasteiger charge is 2.20. The Hall–Kier alpha value is -1.87. The molecule has 0 amide bonds. The highest BCUT2D eigenvalue weighted by molar-refractivity contribution is 5.52. The van der Waals surface area contributed by atoms with Crippen LogP contribution in [0, 0.1) is 6.92 Å². The van der Waals surface area contributed by atoms with E-state index in [0.717, 1.165) is 31.0 Å². The molecule has 3 rings (SSSR count). The number of aromatic nitrogens is 1. The summed E-state index contributed by atoms with van der Waals surface area (Å²) in [6.07, 6.45) is 1.96. The summed E-state index contributed by atoms with van der Waals surface area (Å²) in [4.78, 5) is 6.73. The van der Waals surface area contributed by atoms with Crippen LogP contribution in [0.5, 0.6) is 0 Å². The van der Waals surface area contributed by atoms with Gasteiger partial charge >= 0.3 is 0 Å². The Morgan fingerprint density at radius 1 is 1.22 bits per heavy atom. The Morgan fingerprint density at radius 2 is 2.11 bits per heavy atom. The molecule has 0 bridgehead atoms. The normalized spacial score (nSPS) is 14.7. The zero-order chi connectivity index (χ0) is 12.5. The largest absolute Gasteiger partial charge is 0.398 e. The molecule has 0 radical (unpaired) electrons. The van der Waals surface area contributed by atoms with E-state index >= 15 is 0 Å². The molecule has 0 spiro atoms. The number of hydrogen-bond donors (Lipinski definition) is 1. The average molecular weight is 239 g/mol. The van der Waals surface area contributed by atoms with Crippen LogP contribution in [-0.2, 0) is 19.6 Å². The van der Waals surface area contributed by atoms with E-state index in [1.807, 2.05) is 25.3 Å². The maximum Gasteiger partial charge on any atom is 0.0372 e. The molecule has 2 N–H and O–H groups in total. The van der Waals surface area contributed by atoms with Gasteiger partial charge in [-0.3, -0.25) is 9.88 Å². The van der Waals surface area contributed by atoms with Crippen molar-refractivity contribution in [2.75, 3.05) is 5.73 Å². The molecular formula is C15H17N3. The molecule has 1 aromatic carbocycles. The molecule has 1 aliphatic rings. The van der Waals surface area contributed by atoms with Crippen molar-refractivity contribution < 1.29 is 0 Å². The molecule has 18 heavy (non-hydrogen) atoms. The van der Waals surface area contributed by atoms with Crippen LogP contribution in [0.25, 0.3) is 0 Å². The second-order valence-electron chi connectivity index (χ2n) is 4.94. The van der Waals surface area contributed by atoms with Crippen LogP contribution in [0.3, 0.4) is 0 Å². The van der Waals surface area contributed by atoms with Gasteiger partial charge in [-0.2, -0.15) is 0 Å². The molecule has 92 valence electrons. The zero-order valence-corrected chi connectivity index (χ0v) is 10.6. The summed E-state index contributed by atoms with van der Waals surface area (Å²) in [5, 5.41) is 0. The number of benzene rings is 1. The standard InChI is InChI=1S/C15H17N3/c1-11-5-6-12(7-17-11)8-18-9-13-3-2-4-15(16)14(13)10-18/h2-7H,8-10,16H2,1H3. The minimum atomic E-state index is 0.914. The van der Waals surface area contributed by atoms with Crippen molar-refractivity contribution in [2.45, 2.75) is 26.6 Å². The highest BCUT2D eigenvalue weighted by atomic mass is 15.1. The fraction of sp³-hybridized carbons (Fsp3) is 0.267. The summed E-state index contributed by atoms with van der Waals surface area (Å²) in [6.45, 7) is 4.86.